The summed E-state index contributed by atoms with van der Waals surface area (Å²) in [5.74, 6) is 0.356. The van der Waals surface area contributed by atoms with Crippen molar-refractivity contribution < 1.29 is 14.7 Å². The summed E-state index contributed by atoms with van der Waals surface area (Å²) in [5, 5.41) is 10.8. The predicted molar refractivity (Wildman–Crippen MR) is 105 cm³/mol. The van der Waals surface area contributed by atoms with Gasteiger partial charge in [0.25, 0.3) is 5.91 Å². The molecule has 2 saturated heterocycles. The van der Waals surface area contributed by atoms with Crippen LogP contribution in [0.1, 0.15) is 61.0 Å². The Hall–Kier alpha value is -2.08. The number of phenols is 1. The number of hydrogen-bond donors (Lipinski definition) is 1. The van der Waals surface area contributed by atoms with Gasteiger partial charge < -0.3 is 14.9 Å². The van der Waals surface area contributed by atoms with Crippen molar-refractivity contribution in [3.8, 4) is 5.75 Å². The zero-order valence-corrected chi connectivity index (χ0v) is 17.0. The second-order valence-corrected chi connectivity index (χ2v) is 8.38. The van der Waals surface area contributed by atoms with Crippen LogP contribution in [0.4, 0.5) is 0 Å². The third kappa shape index (κ3) is 3.68. The topological polar surface area (TPSA) is 64.1 Å². The molecule has 27 heavy (non-hydrogen) atoms. The van der Waals surface area contributed by atoms with Gasteiger partial charge in [0.15, 0.2) is 0 Å². The molecule has 2 fully saturated rings. The zero-order chi connectivity index (χ0) is 19.9. The summed E-state index contributed by atoms with van der Waals surface area (Å²) in [6.45, 7) is 11.4. The van der Waals surface area contributed by atoms with Crippen LogP contribution < -0.4 is 0 Å². The van der Waals surface area contributed by atoms with Crippen LogP contribution in [0.25, 0.3) is 0 Å². The smallest absolute Gasteiger partial charge is 0.257 e. The van der Waals surface area contributed by atoms with Gasteiger partial charge in [-0.25, -0.2) is 0 Å². The number of aromatic hydroxyl groups is 1. The molecule has 6 nitrogen and oxygen atoms in total. The summed E-state index contributed by atoms with van der Waals surface area (Å²) in [7, 11) is 1.81. The van der Waals surface area contributed by atoms with Crippen molar-refractivity contribution >= 4 is 11.8 Å². The van der Waals surface area contributed by atoms with E-state index in [0.29, 0.717) is 25.2 Å². The minimum Gasteiger partial charge on any atom is -0.507 e. The van der Waals surface area contributed by atoms with E-state index in [4.69, 9.17) is 0 Å². The highest BCUT2D eigenvalue weighted by Crippen LogP contribution is 2.34. The van der Waals surface area contributed by atoms with Gasteiger partial charge in [-0.1, -0.05) is 33.8 Å². The van der Waals surface area contributed by atoms with Gasteiger partial charge in [-0.15, -0.1) is 0 Å². The molecule has 1 atom stereocenters. The molecule has 148 valence electrons. The van der Waals surface area contributed by atoms with Crippen molar-refractivity contribution in [2.24, 2.45) is 0 Å². The van der Waals surface area contributed by atoms with Crippen LogP contribution in [0.5, 0.6) is 5.75 Å². The number of likely N-dealkylation sites (N-methyl/N-ethyl adjacent to an activating group) is 1. The lowest BCUT2D eigenvalue weighted by molar-refractivity contribution is -0.142. The van der Waals surface area contributed by atoms with Gasteiger partial charge >= 0.3 is 0 Å². The molecule has 1 aromatic rings. The van der Waals surface area contributed by atoms with Crippen molar-refractivity contribution in [2.75, 3.05) is 39.8 Å². The van der Waals surface area contributed by atoms with Gasteiger partial charge in [-0.2, -0.15) is 0 Å². The Balaban J connectivity index is 1.90. The van der Waals surface area contributed by atoms with Crippen LogP contribution in [0.15, 0.2) is 12.1 Å². The molecule has 1 N–H and O–H groups in total. The molecule has 0 unspecified atom stereocenters. The molecule has 3 rings (SSSR count). The van der Waals surface area contributed by atoms with E-state index >= 15 is 0 Å². The van der Waals surface area contributed by atoms with E-state index in [0.717, 1.165) is 24.2 Å². The summed E-state index contributed by atoms with van der Waals surface area (Å²) < 4.78 is 0. The highest BCUT2D eigenvalue weighted by atomic mass is 16.3. The third-order valence-corrected chi connectivity index (χ3v) is 5.84. The molecule has 2 heterocycles. The van der Waals surface area contributed by atoms with Gasteiger partial charge in [0, 0.05) is 39.8 Å². The molecule has 0 bridgehead atoms. The maximum atomic E-state index is 13.3. The first kappa shape index (κ1) is 19.7. The van der Waals surface area contributed by atoms with Gasteiger partial charge in [-0.3, -0.25) is 14.5 Å². The number of amides is 2. The molecule has 1 aromatic carbocycles. The van der Waals surface area contributed by atoms with E-state index < -0.39 is 0 Å². The fourth-order valence-electron chi connectivity index (χ4n) is 3.94. The number of piperazine rings is 2. The van der Waals surface area contributed by atoms with E-state index in [-0.39, 0.29) is 35.4 Å². The molecule has 0 spiro atoms. The largest absolute Gasteiger partial charge is 0.507 e. The lowest BCUT2D eigenvalue weighted by atomic mass is 9.91. The number of carbonyl (C=O) groups excluding carboxylic acids is 2. The highest BCUT2D eigenvalue weighted by Gasteiger charge is 2.39. The number of fused-ring (bicyclic) bond motifs is 1. The first-order valence-corrected chi connectivity index (χ1v) is 9.85. The number of hydrogen-bond acceptors (Lipinski definition) is 4. The van der Waals surface area contributed by atoms with E-state index in [1.54, 1.807) is 9.80 Å². The fourth-order valence-corrected chi connectivity index (χ4v) is 3.94. The number of phenolic OH excluding ortho intramolecular Hbond substituents is 1. The van der Waals surface area contributed by atoms with E-state index in [1.807, 2.05) is 33.0 Å². The average molecular weight is 373 g/mol. The average Bonchev–Trinajstić information content (AvgIpc) is 2.63. The molecule has 0 saturated carbocycles. The Morgan fingerprint density at radius 3 is 2.37 bits per heavy atom. The highest BCUT2D eigenvalue weighted by molar-refractivity contribution is 5.98. The molecule has 6 heteroatoms. The van der Waals surface area contributed by atoms with Crippen molar-refractivity contribution in [2.45, 2.75) is 45.6 Å². The normalized spacial score (nSPS) is 21.1. The number of benzene rings is 1. The van der Waals surface area contributed by atoms with Crippen LogP contribution in [-0.2, 0) is 4.79 Å². The summed E-state index contributed by atoms with van der Waals surface area (Å²) >= 11 is 0. The standard InChI is InChI=1S/C21H31N3O3/c1-13(2)15-10-16(14(3)4)19(25)17(11-15)20(26)24-9-8-23-7-6-22(5)21(27)18(23)12-24/h10-11,13-14,18,25H,6-9,12H2,1-5H3/t18-/m0/s1. The Morgan fingerprint density at radius 2 is 1.74 bits per heavy atom. The molecule has 2 aliphatic rings. The van der Waals surface area contributed by atoms with Crippen LogP contribution in [0.2, 0.25) is 0 Å². The molecule has 2 aliphatic heterocycles. The van der Waals surface area contributed by atoms with Gasteiger partial charge in [0.05, 0.1) is 5.56 Å². The third-order valence-electron chi connectivity index (χ3n) is 5.84. The molecule has 0 aromatic heterocycles. The monoisotopic (exact) mass is 373 g/mol. The zero-order valence-electron chi connectivity index (χ0n) is 17.0. The van der Waals surface area contributed by atoms with Gasteiger partial charge in [0.2, 0.25) is 5.91 Å². The lowest BCUT2D eigenvalue weighted by Gasteiger charge is -2.45. The second kappa shape index (κ2) is 7.50. The van der Waals surface area contributed by atoms with Crippen molar-refractivity contribution in [3.05, 3.63) is 28.8 Å². The summed E-state index contributed by atoms with van der Waals surface area (Å²) in [6.07, 6.45) is 0. The summed E-state index contributed by atoms with van der Waals surface area (Å²) in [5.41, 5.74) is 2.21. The summed E-state index contributed by atoms with van der Waals surface area (Å²) in [4.78, 5) is 31.4. The number of nitrogens with zero attached hydrogens (tertiary/aromatic N) is 3. The van der Waals surface area contributed by atoms with E-state index in [9.17, 15) is 14.7 Å². The molecule has 0 radical (unpaired) electrons. The van der Waals surface area contributed by atoms with Crippen molar-refractivity contribution in [3.63, 3.8) is 0 Å². The summed E-state index contributed by atoms with van der Waals surface area (Å²) in [6, 6.07) is 3.54. The predicted octanol–water partition coefficient (Wildman–Crippen LogP) is 2.24. The first-order chi connectivity index (χ1) is 12.7. The van der Waals surface area contributed by atoms with Crippen molar-refractivity contribution in [1.82, 2.24) is 14.7 Å². The van der Waals surface area contributed by atoms with Crippen LogP contribution in [0.3, 0.4) is 0 Å². The van der Waals surface area contributed by atoms with E-state index in [2.05, 4.69) is 18.7 Å². The van der Waals surface area contributed by atoms with Gasteiger partial charge in [-0.05, 0) is 29.0 Å². The van der Waals surface area contributed by atoms with E-state index in [1.165, 1.54) is 0 Å². The lowest BCUT2D eigenvalue weighted by Crippen LogP contribution is -2.64. The maximum absolute atomic E-state index is 13.3. The Morgan fingerprint density at radius 1 is 1.07 bits per heavy atom. The Kier molecular flexibility index (Phi) is 5.47. The maximum Gasteiger partial charge on any atom is 0.257 e. The minimum absolute atomic E-state index is 0.0711. The quantitative estimate of drug-likeness (QED) is 0.883. The Bertz CT molecular complexity index is 744. The molecule has 0 aliphatic carbocycles. The fraction of sp³-hybridized carbons (Fsp3) is 0.619. The first-order valence-electron chi connectivity index (χ1n) is 9.85. The van der Waals surface area contributed by atoms with Crippen LogP contribution >= 0.6 is 0 Å². The Labute approximate surface area is 161 Å². The SMILES string of the molecule is CC(C)c1cc(C(=O)N2CCN3CCN(C)C(=O)[C@@H]3C2)c(O)c(C(C)C)c1. The number of carbonyl (C=O) groups is 2. The number of rotatable bonds is 3. The minimum atomic E-state index is -0.276. The second-order valence-electron chi connectivity index (χ2n) is 8.38. The van der Waals surface area contributed by atoms with Crippen LogP contribution in [0, 0.1) is 0 Å². The van der Waals surface area contributed by atoms with Crippen LogP contribution in [-0.4, -0.2) is 77.4 Å². The molecular formula is C21H31N3O3. The molecule has 2 amide bonds. The van der Waals surface area contributed by atoms with Gasteiger partial charge in [0.1, 0.15) is 11.8 Å². The van der Waals surface area contributed by atoms with Crippen molar-refractivity contribution in [1.29, 1.82) is 0 Å². The molecular weight excluding hydrogens is 342 g/mol.